The summed E-state index contributed by atoms with van der Waals surface area (Å²) < 4.78 is 11.0. The summed E-state index contributed by atoms with van der Waals surface area (Å²) in [6, 6.07) is 0. The molecule has 0 aliphatic carbocycles. The molecule has 0 aliphatic rings. The van der Waals surface area contributed by atoms with Gasteiger partial charge in [-0.15, -0.1) is 11.6 Å². The topological polar surface area (TPSA) is 17.1 Å². The van der Waals surface area contributed by atoms with Crippen molar-refractivity contribution in [1.29, 1.82) is 0 Å². The minimum atomic E-state index is -2.04. The molecule has 0 rings (SSSR count). The number of rotatable bonds is 3. The second-order valence-electron chi connectivity index (χ2n) is 1.77. The molecule has 0 aromatic heterocycles. The Balaban J connectivity index is 3.73. The molecule has 1 unspecified atom stereocenters. The van der Waals surface area contributed by atoms with Gasteiger partial charge in [0, 0.05) is 12.0 Å². The van der Waals surface area contributed by atoms with Gasteiger partial charge in [-0.3, -0.25) is 0 Å². The third kappa shape index (κ3) is 3.29. The molecule has 8 heavy (non-hydrogen) atoms. The van der Waals surface area contributed by atoms with Gasteiger partial charge in [-0.05, 0) is 12.5 Å². The zero-order valence-electron chi connectivity index (χ0n) is 4.93. The lowest BCUT2D eigenvalue weighted by molar-refractivity contribution is 0.585. The van der Waals surface area contributed by atoms with Crippen molar-refractivity contribution in [1.82, 2.24) is 0 Å². The SMILES string of the molecule is C=CP(C)(=O)CCCl. The number of hydrogen-bond donors (Lipinski definition) is 0. The van der Waals surface area contributed by atoms with Crippen LogP contribution in [0.4, 0.5) is 0 Å². The fourth-order valence-corrected chi connectivity index (χ4v) is 1.78. The Hall–Kier alpha value is 0.260. The van der Waals surface area contributed by atoms with Crippen molar-refractivity contribution in [3.05, 3.63) is 12.4 Å². The van der Waals surface area contributed by atoms with Crippen molar-refractivity contribution >= 4 is 18.7 Å². The van der Waals surface area contributed by atoms with Crippen LogP contribution in [0.3, 0.4) is 0 Å². The van der Waals surface area contributed by atoms with E-state index in [9.17, 15) is 4.57 Å². The minimum absolute atomic E-state index is 0.458. The average Bonchev–Trinajstić information content (AvgIpc) is 1.67. The first-order valence-electron chi connectivity index (χ1n) is 2.38. The number of alkyl halides is 1. The predicted octanol–water partition coefficient (Wildman–Crippen LogP) is 2.36. The first kappa shape index (κ1) is 8.26. The summed E-state index contributed by atoms with van der Waals surface area (Å²) in [6.45, 7) is 5.11. The van der Waals surface area contributed by atoms with Crippen molar-refractivity contribution in [3.8, 4) is 0 Å². The van der Waals surface area contributed by atoms with Crippen LogP contribution in [0, 0.1) is 0 Å². The molecule has 0 aliphatic heterocycles. The van der Waals surface area contributed by atoms with Crippen molar-refractivity contribution in [3.63, 3.8) is 0 Å². The first-order valence-corrected chi connectivity index (χ1v) is 5.32. The van der Waals surface area contributed by atoms with Crippen molar-refractivity contribution < 1.29 is 4.57 Å². The molecule has 0 spiro atoms. The maximum absolute atomic E-state index is 11.0. The third-order valence-electron chi connectivity index (χ3n) is 0.915. The number of halogens is 1. The van der Waals surface area contributed by atoms with Crippen LogP contribution in [-0.4, -0.2) is 18.7 Å². The van der Waals surface area contributed by atoms with Gasteiger partial charge in [-0.2, -0.15) is 0 Å². The van der Waals surface area contributed by atoms with Crippen molar-refractivity contribution in [2.75, 3.05) is 18.7 Å². The van der Waals surface area contributed by atoms with Crippen LogP contribution in [0.1, 0.15) is 0 Å². The molecule has 0 bridgehead atoms. The van der Waals surface area contributed by atoms with E-state index >= 15 is 0 Å². The van der Waals surface area contributed by atoms with E-state index in [1.807, 2.05) is 0 Å². The molecule has 48 valence electrons. The Kier molecular flexibility index (Phi) is 3.43. The van der Waals surface area contributed by atoms with Gasteiger partial charge < -0.3 is 4.57 Å². The highest BCUT2D eigenvalue weighted by atomic mass is 35.5. The molecule has 0 amide bonds. The lowest BCUT2D eigenvalue weighted by Crippen LogP contribution is -1.83. The smallest absolute Gasteiger partial charge is 0.106 e. The molecule has 0 aromatic carbocycles. The number of hydrogen-bond acceptors (Lipinski definition) is 1. The van der Waals surface area contributed by atoms with Gasteiger partial charge >= 0.3 is 0 Å². The summed E-state index contributed by atoms with van der Waals surface area (Å²) in [7, 11) is -2.04. The predicted molar refractivity (Wildman–Crippen MR) is 39.3 cm³/mol. The fraction of sp³-hybridized carbons (Fsp3) is 0.600. The Morgan fingerprint density at radius 3 is 2.50 bits per heavy atom. The third-order valence-corrected chi connectivity index (χ3v) is 3.25. The molecule has 0 saturated heterocycles. The molecule has 0 radical (unpaired) electrons. The molecular weight excluding hydrogens is 142 g/mol. The average molecular weight is 153 g/mol. The largest absolute Gasteiger partial charge is 0.319 e. The van der Waals surface area contributed by atoms with Crippen LogP contribution < -0.4 is 0 Å². The van der Waals surface area contributed by atoms with Crippen LogP contribution in [-0.2, 0) is 4.57 Å². The van der Waals surface area contributed by atoms with Crippen LogP contribution in [0.5, 0.6) is 0 Å². The molecule has 0 heterocycles. The second kappa shape index (κ2) is 3.32. The van der Waals surface area contributed by atoms with Gasteiger partial charge in [0.1, 0.15) is 7.14 Å². The van der Waals surface area contributed by atoms with Gasteiger partial charge in [0.2, 0.25) is 0 Å². The van der Waals surface area contributed by atoms with E-state index in [0.717, 1.165) is 0 Å². The zero-order chi connectivity index (χ0) is 6.62. The second-order valence-corrected chi connectivity index (χ2v) is 5.31. The fourth-order valence-electron chi connectivity index (χ4n) is 0.259. The summed E-state index contributed by atoms with van der Waals surface area (Å²) in [6.07, 6.45) is 0.568. The maximum Gasteiger partial charge on any atom is 0.106 e. The normalized spacial score (nSPS) is 17.2. The van der Waals surface area contributed by atoms with Crippen molar-refractivity contribution in [2.24, 2.45) is 0 Å². The van der Waals surface area contributed by atoms with Gasteiger partial charge in [-0.1, -0.05) is 6.58 Å². The molecule has 0 saturated carbocycles. The summed E-state index contributed by atoms with van der Waals surface area (Å²) in [5, 5.41) is 0. The molecule has 1 atom stereocenters. The van der Waals surface area contributed by atoms with Crippen LogP contribution >= 0.6 is 18.7 Å². The van der Waals surface area contributed by atoms with Crippen LogP contribution in [0.2, 0.25) is 0 Å². The molecule has 0 N–H and O–H groups in total. The van der Waals surface area contributed by atoms with Crippen LogP contribution in [0.15, 0.2) is 12.4 Å². The van der Waals surface area contributed by atoms with E-state index < -0.39 is 7.14 Å². The molecular formula is C5H10ClOP. The highest BCUT2D eigenvalue weighted by Gasteiger charge is 2.06. The maximum atomic E-state index is 11.0. The van der Waals surface area contributed by atoms with E-state index in [-0.39, 0.29) is 0 Å². The highest BCUT2D eigenvalue weighted by Crippen LogP contribution is 2.41. The molecule has 1 nitrogen and oxygen atoms in total. The lowest BCUT2D eigenvalue weighted by Gasteiger charge is -2.01. The summed E-state index contributed by atoms with van der Waals surface area (Å²) in [4.78, 5) is 0. The Morgan fingerprint density at radius 2 is 2.38 bits per heavy atom. The van der Waals surface area contributed by atoms with Gasteiger partial charge in [0.15, 0.2) is 0 Å². The van der Waals surface area contributed by atoms with Gasteiger partial charge in [0.25, 0.3) is 0 Å². The van der Waals surface area contributed by atoms with E-state index in [2.05, 4.69) is 6.58 Å². The molecule has 3 heteroatoms. The highest BCUT2D eigenvalue weighted by molar-refractivity contribution is 7.66. The Morgan fingerprint density at radius 1 is 1.88 bits per heavy atom. The molecule has 0 fully saturated rings. The van der Waals surface area contributed by atoms with Crippen molar-refractivity contribution in [2.45, 2.75) is 0 Å². The quantitative estimate of drug-likeness (QED) is 0.448. The molecule has 0 aromatic rings. The van der Waals surface area contributed by atoms with E-state index in [4.69, 9.17) is 11.6 Å². The van der Waals surface area contributed by atoms with Crippen LogP contribution in [0.25, 0.3) is 0 Å². The monoisotopic (exact) mass is 152 g/mol. The van der Waals surface area contributed by atoms with E-state index in [1.165, 1.54) is 5.82 Å². The standard InChI is InChI=1S/C5H10ClOP/c1-3-8(2,7)5-4-6/h3H,1,4-5H2,2H3. The minimum Gasteiger partial charge on any atom is -0.319 e. The summed E-state index contributed by atoms with van der Waals surface area (Å²) >= 11 is 5.34. The first-order chi connectivity index (χ1) is 3.62. The van der Waals surface area contributed by atoms with E-state index in [0.29, 0.717) is 12.0 Å². The Labute approximate surface area is 55.1 Å². The van der Waals surface area contributed by atoms with E-state index in [1.54, 1.807) is 6.66 Å². The Bertz CT molecular complexity index is 122. The zero-order valence-corrected chi connectivity index (χ0v) is 6.58. The summed E-state index contributed by atoms with van der Waals surface area (Å²) in [5.41, 5.74) is 0. The lowest BCUT2D eigenvalue weighted by atomic mass is 11.0. The van der Waals surface area contributed by atoms with Gasteiger partial charge in [-0.25, -0.2) is 0 Å². The summed E-state index contributed by atoms with van der Waals surface area (Å²) in [5.74, 6) is 1.95. The van der Waals surface area contributed by atoms with Gasteiger partial charge in [0.05, 0.1) is 0 Å².